The van der Waals surface area contributed by atoms with Crippen molar-refractivity contribution in [3.05, 3.63) is 23.8 Å². The maximum atomic E-state index is 9.81. The van der Waals surface area contributed by atoms with Crippen LogP contribution in [0.4, 0.5) is 0 Å². The van der Waals surface area contributed by atoms with E-state index in [1.807, 2.05) is 6.92 Å². The lowest BCUT2D eigenvalue weighted by molar-refractivity contribution is -0.148. The molecule has 1 aliphatic heterocycles. The topological polar surface area (TPSA) is 29.5 Å². The Bertz CT molecular complexity index is 345. The highest BCUT2D eigenvalue weighted by Gasteiger charge is 2.52. The van der Waals surface area contributed by atoms with E-state index in [0.717, 1.165) is 0 Å². The lowest BCUT2D eigenvalue weighted by Crippen LogP contribution is -2.55. The van der Waals surface area contributed by atoms with Crippen molar-refractivity contribution < 1.29 is 9.84 Å². The van der Waals surface area contributed by atoms with Gasteiger partial charge < -0.3 is 9.84 Å². The van der Waals surface area contributed by atoms with E-state index in [1.165, 1.54) is 5.57 Å². The van der Waals surface area contributed by atoms with Gasteiger partial charge in [-0.1, -0.05) is 37.6 Å². The fourth-order valence-electron chi connectivity index (χ4n) is 3.70. The van der Waals surface area contributed by atoms with Crippen LogP contribution in [0.3, 0.4) is 0 Å². The SMILES string of the molecule is CC=CC1OCC2(CO)C(C)C=C(C)C1[C@@H]2C. The minimum absolute atomic E-state index is 0.0811. The molecular weight excluding hydrogens is 212 g/mol. The van der Waals surface area contributed by atoms with E-state index in [2.05, 4.69) is 39.0 Å². The predicted octanol–water partition coefficient (Wildman–Crippen LogP) is 2.79. The summed E-state index contributed by atoms with van der Waals surface area (Å²) in [5.74, 6) is 1.29. The van der Waals surface area contributed by atoms with Crippen molar-refractivity contribution >= 4 is 0 Å². The monoisotopic (exact) mass is 236 g/mol. The molecule has 1 fully saturated rings. The molecular formula is C15H24O2. The number of hydrogen-bond acceptors (Lipinski definition) is 2. The molecule has 0 aromatic rings. The van der Waals surface area contributed by atoms with Crippen LogP contribution in [-0.4, -0.2) is 24.4 Å². The Morgan fingerprint density at radius 2 is 2.24 bits per heavy atom. The second-order valence-electron chi connectivity index (χ2n) is 5.71. The van der Waals surface area contributed by atoms with Gasteiger partial charge in [0.2, 0.25) is 0 Å². The first kappa shape index (κ1) is 12.8. The zero-order valence-electron chi connectivity index (χ0n) is 11.3. The van der Waals surface area contributed by atoms with Gasteiger partial charge in [-0.3, -0.25) is 0 Å². The number of aliphatic hydroxyl groups excluding tert-OH is 1. The summed E-state index contributed by atoms with van der Waals surface area (Å²) in [6.07, 6.45) is 6.73. The molecule has 0 amide bonds. The minimum atomic E-state index is -0.0811. The zero-order chi connectivity index (χ0) is 12.6. The van der Waals surface area contributed by atoms with E-state index in [4.69, 9.17) is 4.74 Å². The van der Waals surface area contributed by atoms with Gasteiger partial charge in [0.05, 0.1) is 19.3 Å². The van der Waals surface area contributed by atoms with E-state index >= 15 is 0 Å². The van der Waals surface area contributed by atoms with Crippen LogP contribution in [-0.2, 0) is 4.74 Å². The normalized spacial score (nSPS) is 46.1. The highest BCUT2D eigenvalue weighted by Crippen LogP contribution is 2.52. The average molecular weight is 236 g/mol. The quantitative estimate of drug-likeness (QED) is 0.747. The van der Waals surface area contributed by atoms with E-state index in [9.17, 15) is 5.11 Å². The van der Waals surface area contributed by atoms with Gasteiger partial charge in [-0.05, 0) is 25.7 Å². The van der Waals surface area contributed by atoms with Gasteiger partial charge in [0.15, 0.2) is 0 Å². The molecule has 17 heavy (non-hydrogen) atoms. The molecule has 96 valence electrons. The lowest BCUT2D eigenvalue weighted by atomic mass is 9.56. The number of aliphatic hydroxyl groups is 1. The average Bonchev–Trinajstić information content (AvgIpc) is 2.28. The van der Waals surface area contributed by atoms with Crippen LogP contribution in [0, 0.1) is 23.2 Å². The van der Waals surface area contributed by atoms with Crippen LogP contribution in [0.15, 0.2) is 23.8 Å². The van der Waals surface area contributed by atoms with Crippen molar-refractivity contribution in [2.75, 3.05) is 13.2 Å². The molecule has 1 heterocycles. The molecule has 1 saturated heterocycles. The third-order valence-electron chi connectivity index (χ3n) is 4.97. The minimum Gasteiger partial charge on any atom is -0.396 e. The summed E-state index contributed by atoms with van der Waals surface area (Å²) in [6.45, 7) is 9.59. The first-order chi connectivity index (χ1) is 8.06. The molecule has 5 atom stereocenters. The third-order valence-corrected chi connectivity index (χ3v) is 4.97. The molecule has 0 aromatic carbocycles. The van der Waals surface area contributed by atoms with Crippen molar-refractivity contribution in [3.63, 3.8) is 0 Å². The molecule has 2 rings (SSSR count). The van der Waals surface area contributed by atoms with Crippen molar-refractivity contribution in [2.24, 2.45) is 23.2 Å². The lowest BCUT2D eigenvalue weighted by Gasteiger charge is -2.54. The Balaban J connectivity index is 2.40. The second kappa shape index (κ2) is 4.58. The van der Waals surface area contributed by atoms with E-state index in [1.54, 1.807) is 0 Å². The Morgan fingerprint density at radius 3 is 2.82 bits per heavy atom. The standard InChI is InChI=1S/C15H24O2/c1-5-6-13-14-10(2)7-11(3)15(8-16,9-17-13)12(14)4/h5-7,11-14,16H,8-9H2,1-4H3/t11?,12-,13?,14?,15?/m0/s1. The van der Waals surface area contributed by atoms with Crippen LogP contribution in [0.1, 0.15) is 27.7 Å². The molecule has 4 unspecified atom stereocenters. The molecule has 0 spiro atoms. The molecule has 1 N–H and O–H groups in total. The van der Waals surface area contributed by atoms with E-state index in [0.29, 0.717) is 24.4 Å². The summed E-state index contributed by atoms with van der Waals surface area (Å²) in [4.78, 5) is 0. The summed E-state index contributed by atoms with van der Waals surface area (Å²) in [5, 5.41) is 9.81. The highest BCUT2D eigenvalue weighted by molar-refractivity contribution is 5.22. The summed E-state index contributed by atoms with van der Waals surface area (Å²) in [7, 11) is 0. The Kier molecular flexibility index (Phi) is 3.46. The van der Waals surface area contributed by atoms with Gasteiger partial charge in [0, 0.05) is 11.3 Å². The summed E-state index contributed by atoms with van der Waals surface area (Å²) >= 11 is 0. The summed E-state index contributed by atoms with van der Waals surface area (Å²) < 4.78 is 6.00. The van der Waals surface area contributed by atoms with Crippen LogP contribution in [0.2, 0.25) is 0 Å². The first-order valence-electron chi connectivity index (χ1n) is 6.60. The molecule has 1 aliphatic carbocycles. The van der Waals surface area contributed by atoms with Crippen LogP contribution in [0.5, 0.6) is 0 Å². The van der Waals surface area contributed by atoms with Crippen LogP contribution >= 0.6 is 0 Å². The fourth-order valence-corrected chi connectivity index (χ4v) is 3.70. The van der Waals surface area contributed by atoms with Gasteiger partial charge in [-0.2, -0.15) is 0 Å². The highest BCUT2D eigenvalue weighted by atomic mass is 16.5. The van der Waals surface area contributed by atoms with Crippen molar-refractivity contribution in [1.82, 2.24) is 0 Å². The number of allylic oxidation sites excluding steroid dienone is 2. The summed E-state index contributed by atoms with van der Waals surface area (Å²) in [6, 6.07) is 0. The van der Waals surface area contributed by atoms with Gasteiger partial charge in [0.1, 0.15) is 0 Å². The number of ether oxygens (including phenoxy) is 1. The zero-order valence-corrected chi connectivity index (χ0v) is 11.3. The molecule has 2 aliphatic rings. The predicted molar refractivity (Wildman–Crippen MR) is 69.6 cm³/mol. The van der Waals surface area contributed by atoms with Crippen molar-refractivity contribution in [3.8, 4) is 0 Å². The van der Waals surface area contributed by atoms with Gasteiger partial charge in [-0.15, -0.1) is 0 Å². The fraction of sp³-hybridized carbons (Fsp3) is 0.733. The maximum absolute atomic E-state index is 9.81. The number of fused-ring (bicyclic) bond motifs is 2. The number of rotatable bonds is 2. The van der Waals surface area contributed by atoms with E-state index in [-0.39, 0.29) is 18.1 Å². The molecule has 2 bridgehead atoms. The molecule has 0 aromatic heterocycles. The Hall–Kier alpha value is -0.600. The molecule has 2 nitrogen and oxygen atoms in total. The number of hydrogen-bond donors (Lipinski definition) is 1. The largest absolute Gasteiger partial charge is 0.396 e. The Morgan fingerprint density at radius 1 is 1.53 bits per heavy atom. The smallest absolute Gasteiger partial charge is 0.0823 e. The van der Waals surface area contributed by atoms with E-state index < -0.39 is 0 Å². The maximum Gasteiger partial charge on any atom is 0.0823 e. The van der Waals surface area contributed by atoms with Crippen molar-refractivity contribution in [2.45, 2.75) is 33.8 Å². The van der Waals surface area contributed by atoms with Gasteiger partial charge in [0.25, 0.3) is 0 Å². The first-order valence-corrected chi connectivity index (χ1v) is 6.60. The third kappa shape index (κ3) is 1.78. The molecule has 0 radical (unpaired) electrons. The van der Waals surface area contributed by atoms with Gasteiger partial charge >= 0.3 is 0 Å². The summed E-state index contributed by atoms with van der Waals surface area (Å²) in [5.41, 5.74) is 1.33. The molecule has 2 heteroatoms. The van der Waals surface area contributed by atoms with Crippen LogP contribution < -0.4 is 0 Å². The second-order valence-corrected chi connectivity index (χ2v) is 5.71. The van der Waals surface area contributed by atoms with Crippen LogP contribution in [0.25, 0.3) is 0 Å². The Labute approximate surface area is 104 Å². The van der Waals surface area contributed by atoms with Gasteiger partial charge in [-0.25, -0.2) is 0 Å². The van der Waals surface area contributed by atoms with Crippen molar-refractivity contribution in [1.29, 1.82) is 0 Å². The molecule has 0 saturated carbocycles.